The average molecular weight is 618 g/mol. The molecule has 2 heteroatoms. The van der Waals surface area contributed by atoms with Crippen molar-refractivity contribution in [3.63, 3.8) is 0 Å². The molecule has 0 saturated carbocycles. The molecule has 0 bridgehead atoms. The summed E-state index contributed by atoms with van der Waals surface area (Å²) in [4.78, 5) is 0. The van der Waals surface area contributed by atoms with E-state index in [1.54, 1.807) is 0 Å². The summed E-state index contributed by atoms with van der Waals surface area (Å²) in [5.74, 6) is 0. The van der Waals surface area contributed by atoms with Crippen molar-refractivity contribution in [1.29, 1.82) is 0 Å². The van der Waals surface area contributed by atoms with Crippen molar-refractivity contribution in [3.8, 4) is 22.3 Å². The van der Waals surface area contributed by atoms with Crippen molar-refractivity contribution in [3.05, 3.63) is 157 Å². The maximum atomic E-state index is 6.09. The summed E-state index contributed by atoms with van der Waals surface area (Å²) in [6, 6.07) is 54.8. The monoisotopic (exact) mass is 617 g/mol. The summed E-state index contributed by atoms with van der Waals surface area (Å²) < 4.78 is 6.09. The van der Waals surface area contributed by atoms with Gasteiger partial charge in [-0.25, -0.2) is 0 Å². The van der Waals surface area contributed by atoms with E-state index in [0.29, 0.717) is 0 Å². The second kappa shape index (κ2) is 10.9. The summed E-state index contributed by atoms with van der Waals surface area (Å²) in [5.41, 5.74) is 9.99. The van der Waals surface area contributed by atoms with Gasteiger partial charge in [-0.3, -0.25) is 0 Å². The van der Waals surface area contributed by atoms with Gasteiger partial charge in [0.25, 0.3) is 0 Å². The molecule has 0 aliphatic heterocycles. The van der Waals surface area contributed by atoms with Crippen LogP contribution in [0.4, 0.5) is 11.4 Å². The summed E-state index contributed by atoms with van der Waals surface area (Å²) in [6.45, 7) is 6.84. The van der Waals surface area contributed by atoms with E-state index < -0.39 is 0 Å². The van der Waals surface area contributed by atoms with E-state index in [-0.39, 0.29) is 5.41 Å². The Kier molecular flexibility index (Phi) is 6.42. The van der Waals surface area contributed by atoms with Crippen LogP contribution in [0.3, 0.4) is 0 Å². The highest BCUT2D eigenvalue weighted by Gasteiger charge is 2.18. The summed E-state index contributed by atoms with van der Waals surface area (Å²) in [6.07, 6.45) is 0. The van der Waals surface area contributed by atoms with Gasteiger partial charge in [-0.2, -0.15) is 0 Å². The van der Waals surface area contributed by atoms with Crippen LogP contribution in [0.2, 0.25) is 0 Å². The molecule has 0 unspecified atom stereocenters. The first-order valence-corrected chi connectivity index (χ1v) is 16.7. The lowest BCUT2D eigenvalue weighted by atomic mass is 9.84. The Morgan fingerprint density at radius 1 is 0.417 bits per heavy atom. The normalized spacial score (nSPS) is 12.1. The number of hydrogen-bond donors (Lipinski definition) is 1. The van der Waals surface area contributed by atoms with Gasteiger partial charge in [-0.05, 0) is 109 Å². The van der Waals surface area contributed by atoms with Crippen LogP contribution in [0.15, 0.2) is 156 Å². The van der Waals surface area contributed by atoms with Gasteiger partial charge >= 0.3 is 0 Å². The molecule has 0 aliphatic rings. The molecule has 230 valence electrons. The quantitative estimate of drug-likeness (QED) is 0.199. The van der Waals surface area contributed by atoms with E-state index in [9.17, 15) is 0 Å². The number of nitrogens with one attached hydrogen (secondary N) is 1. The zero-order valence-corrected chi connectivity index (χ0v) is 27.3. The van der Waals surface area contributed by atoms with Crippen molar-refractivity contribution in [2.75, 3.05) is 5.32 Å². The van der Waals surface area contributed by atoms with Crippen LogP contribution in [0.5, 0.6) is 0 Å². The first-order chi connectivity index (χ1) is 23.4. The molecule has 0 saturated heterocycles. The molecule has 9 rings (SSSR count). The van der Waals surface area contributed by atoms with Crippen LogP contribution in [0.25, 0.3) is 76.5 Å². The fraction of sp³-hybridized carbons (Fsp3) is 0.0870. The van der Waals surface area contributed by atoms with Gasteiger partial charge in [-0.1, -0.05) is 124 Å². The maximum Gasteiger partial charge on any atom is 0.135 e. The highest BCUT2D eigenvalue weighted by Crippen LogP contribution is 2.41. The Bertz CT molecular complexity index is 2650. The zero-order chi connectivity index (χ0) is 32.4. The molecule has 0 fully saturated rings. The Morgan fingerprint density at radius 3 is 1.73 bits per heavy atom. The smallest absolute Gasteiger partial charge is 0.135 e. The first kappa shape index (κ1) is 28.4. The molecule has 1 aromatic heterocycles. The molecule has 9 aromatic rings. The van der Waals surface area contributed by atoms with E-state index in [2.05, 4.69) is 166 Å². The molecule has 0 atom stereocenters. The molecule has 2 nitrogen and oxygen atoms in total. The molecule has 8 aromatic carbocycles. The number of hydrogen-bond acceptors (Lipinski definition) is 2. The van der Waals surface area contributed by atoms with Gasteiger partial charge in [0.1, 0.15) is 11.2 Å². The van der Waals surface area contributed by atoms with Crippen LogP contribution in [0.1, 0.15) is 26.3 Å². The molecule has 0 spiro atoms. The van der Waals surface area contributed by atoms with E-state index in [1.807, 2.05) is 12.1 Å². The van der Waals surface area contributed by atoms with E-state index in [4.69, 9.17) is 4.42 Å². The van der Waals surface area contributed by atoms with Gasteiger partial charge in [-0.15, -0.1) is 0 Å². The van der Waals surface area contributed by atoms with Gasteiger partial charge < -0.3 is 9.73 Å². The third-order valence-electron chi connectivity index (χ3n) is 9.79. The molecule has 0 aliphatic carbocycles. The predicted octanol–water partition coefficient (Wildman–Crippen LogP) is 13.4. The van der Waals surface area contributed by atoms with Crippen LogP contribution in [-0.4, -0.2) is 0 Å². The van der Waals surface area contributed by atoms with Crippen LogP contribution >= 0.6 is 0 Å². The first-order valence-electron chi connectivity index (χ1n) is 16.7. The third-order valence-corrected chi connectivity index (χ3v) is 9.79. The molecule has 0 radical (unpaired) electrons. The van der Waals surface area contributed by atoms with Gasteiger partial charge in [0.2, 0.25) is 0 Å². The third kappa shape index (κ3) is 4.72. The van der Waals surface area contributed by atoms with Crippen molar-refractivity contribution in [2.24, 2.45) is 0 Å². The zero-order valence-electron chi connectivity index (χ0n) is 27.3. The van der Waals surface area contributed by atoms with Crippen molar-refractivity contribution < 1.29 is 4.42 Å². The minimum atomic E-state index is 0.0167. The van der Waals surface area contributed by atoms with Gasteiger partial charge in [0, 0.05) is 27.7 Å². The van der Waals surface area contributed by atoms with E-state index in [1.165, 1.54) is 49.0 Å². The van der Waals surface area contributed by atoms with Crippen molar-refractivity contribution >= 4 is 65.6 Å². The number of benzene rings is 8. The number of fused-ring (bicyclic) bond motifs is 9. The van der Waals surface area contributed by atoms with Crippen LogP contribution < -0.4 is 5.32 Å². The second-order valence-electron chi connectivity index (χ2n) is 13.9. The SMILES string of the molecule is CC(C)(C)c1ccc(Nc2cccc(-c3ccc4oc5ccccc5c4c3)c2)c(-c2ccc3c4ccccc4c4ccccc4c3c2)c1. The summed E-state index contributed by atoms with van der Waals surface area (Å²) in [7, 11) is 0. The molecular weight excluding hydrogens is 583 g/mol. The maximum absolute atomic E-state index is 6.09. The van der Waals surface area contributed by atoms with E-state index in [0.717, 1.165) is 44.4 Å². The molecule has 0 amide bonds. The lowest BCUT2D eigenvalue weighted by Crippen LogP contribution is -2.11. The Balaban J connectivity index is 1.17. The van der Waals surface area contributed by atoms with Gasteiger partial charge in [0.05, 0.1) is 0 Å². The van der Waals surface area contributed by atoms with Crippen LogP contribution in [-0.2, 0) is 5.41 Å². The van der Waals surface area contributed by atoms with Crippen molar-refractivity contribution in [2.45, 2.75) is 26.2 Å². The fourth-order valence-corrected chi connectivity index (χ4v) is 7.27. The molecule has 48 heavy (non-hydrogen) atoms. The predicted molar refractivity (Wildman–Crippen MR) is 206 cm³/mol. The lowest BCUT2D eigenvalue weighted by molar-refractivity contribution is 0.590. The Morgan fingerprint density at radius 2 is 1.00 bits per heavy atom. The largest absolute Gasteiger partial charge is 0.456 e. The molecule has 1 heterocycles. The second-order valence-corrected chi connectivity index (χ2v) is 13.9. The minimum Gasteiger partial charge on any atom is -0.456 e. The highest BCUT2D eigenvalue weighted by molar-refractivity contribution is 6.25. The van der Waals surface area contributed by atoms with Gasteiger partial charge in [0.15, 0.2) is 0 Å². The highest BCUT2D eigenvalue weighted by atomic mass is 16.3. The number of anilines is 2. The summed E-state index contributed by atoms with van der Waals surface area (Å²) in [5, 5.41) is 13.8. The van der Waals surface area contributed by atoms with Crippen molar-refractivity contribution in [1.82, 2.24) is 0 Å². The minimum absolute atomic E-state index is 0.0167. The number of rotatable bonds is 4. The topological polar surface area (TPSA) is 25.2 Å². The Labute approximate surface area is 280 Å². The molecular formula is C46H35NO. The number of para-hydroxylation sites is 1. The van der Waals surface area contributed by atoms with Crippen LogP contribution in [0, 0.1) is 0 Å². The van der Waals surface area contributed by atoms with E-state index >= 15 is 0 Å². The molecule has 1 N–H and O–H groups in total. The summed E-state index contributed by atoms with van der Waals surface area (Å²) >= 11 is 0. The lowest BCUT2D eigenvalue weighted by Gasteiger charge is -2.22. The fourth-order valence-electron chi connectivity index (χ4n) is 7.27. The standard InChI is InChI=1S/C46H35NO/c1-46(2,3)32-21-23-43(47-33-12-10-11-29(25-33)30-20-24-45-42(26-30)39-17-8-9-18-44(39)48-45)40(28-32)31-19-22-38-36-15-5-4-13-34(36)35-14-6-7-16-37(35)41(38)27-31/h4-28,47H,1-3H3. The average Bonchev–Trinajstić information content (AvgIpc) is 3.49. The number of furan rings is 1. The Hall–Kier alpha value is -5.86.